The van der Waals surface area contributed by atoms with Crippen LogP contribution in [-0.4, -0.2) is 21.2 Å². The fourth-order valence-corrected chi connectivity index (χ4v) is 1.23. The van der Waals surface area contributed by atoms with E-state index in [1.165, 1.54) is 0 Å². The molecule has 0 aliphatic heterocycles. The van der Waals surface area contributed by atoms with Crippen molar-refractivity contribution in [2.24, 2.45) is 0 Å². The minimum Gasteiger partial charge on any atom is -0.298 e. The minimum atomic E-state index is 0.421. The van der Waals surface area contributed by atoms with Crippen LogP contribution in [0.15, 0.2) is 11.6 Å². The molecule has 0 aromatic heterocycles. The predicted molar refractivity (Wildman–Crippen MR) is 43.3 cm³/mol. The summed E-state index contributed by atoms with van der Waals surface area (Å²) >= 11 is 0. The van der Waals surface area contributed by atoms with Gasteiger partial charge in [0, 0.05) is 7.74 Å². The number of carbonyl (C=O) groups is 1. The first kappa shape index (κ1) is 7.64. The highest BCUT2D eigenvalue weighted by molar-refractivity contribution is 6.90. The number of aldehydes is 1. The van der Waals surface area contributed by atoms with Gasteiger partial charge in [0.15, 0.2) is 0 Å². The van der Waals surface area contributed by atoms with Crippen LogP contribution in [0.1, 0.15) is 19.3 Å². The molecule has 49 valence electrons. The van der Waals surface area contributed by atoms with E-state index in [0.717, 1.165) is 31.1 Å². The van der Waals surface area contributed by atoms with Crippen LogP contribution in [0.25, 0.3) is 0 Å². The summed E-state index contributed by atoms with van der Waals surface area (Å²) in [5.74, 6) is 0.421. The van der Waals surface area contributed by atoms with Crippen LogP contribution in [0.2, 0.25) is 5.82 Å². The fraction of sp³-hybridized carbons (Fsp3) is 0.571. The van der Waals surface area contributed by atoms with Gasteiger partial charge in [-0.25, -0.2) is 0 Å². The van der Waals surface area contributed by atoms with Crippen molar-refractivity contribution in [1.29, 1.82) is 0 Å². The zero-order valence-electron chi connectivity index (χ0n) is 5.92. The Balaban J connectivity index is 2.48. The lowest BCUT2D eigenvalue weighted by Crippen LogP contribution is -2.09. The second-order valence-corrected chi connectivity index (χ2v) is 2.63. The maximum Gasteiger partial charge on any atom is 0.145 e. The van der Waals surface area contributed by atoms with Gasteiger partial charge in [-0.3, -0.25) is 4.79 Å². The normalized spacial score (nSPS) is 25.2. The molecule has 1 aliphatic rings. The Morgan fingerprint density at radius 1 is 1.80 bits per heavy atom. The Morgan fingerprint density at radius 2 is 2.60 bits per heavy atom. The molecule has 3 heteroatoms. The standard InChI is InChI=1S/C7H9B2O/c8-9-7-3-1-2-6(4-7)5-10/h2,5,7H,1,3-4H2. The molecule has 0 aromatic carbocycles. The van der Waals surface area contributed by atoms with Crippen LogP contribution in [0.4, 0.5) is 0 Å². The topological polar surface area (TPSA) is 17.1 Å². The Hall–Kier alpha value is -0.460. The Morgan fingerprint density at radius 3 is 3.20 bits per heavy atom. The van der Waals surface area contributed by atoms with E-state index in [-0.39, 0.29) is 0 Å². The largest absolute Gasteiger partial charge is 0.298 e. The molecule has 0 bridgehead atoms. The van der Waals surface area contributed by atoms with E-state index in [4.69, 9.17) is 7.74 Å². The summed E-state index contributed by atoms with van der Waals surface area (Å²) in [5.41, 5.74) is 0.901. The minimum absolute atomic E-state index is 0.421. The third kappa shape index (κ3) is 1.76. The zero-order chi connectivity index (χ0) is 7.40. The molecule has 1 rings (SSSR count). The molecule has 0 fully saturated rings. The van der Waals surface area contributed by atoms with Gasteiger partial charge in [-0.2, -0.15) is 0 Å². The first-order chi connectivity index (χ1) is 4.86. The van der Waals surface area contributed by atoms with Crippen molar-refractivity contribution < 1.29 is 4.79 Å². The lowest BCUT2D eigenvalue weighted by Gasteiger charge is -2.17. The summed E-state index contributed by atoms with van der Waals surface area (Å²) in [4.78, 5) is 10.3. The van der Waals surface area contributed by atoms with E-state index in [1.807, 2.05) is 6.08 Å². The van der Waals surface area contributed by atoms with Crippen LogP contribution in [0.3, 0.4) is 0 Å². The van der Waals surface area contributed by atoms with E-state index in [0.29, 0.717) is 5.82 Å². The number of rotatable bonds is 2. The Bertz CT molecular complexity index is 154. The molecule has 1 aliphatic carbocycles. The molecular formula is C7H9B2O. The SMILES string of the molecule is [B][B]C1CCC=C(C=O)C1. The quantitative estimate of drug-likeness (QED) is 0.401. The molecule has 10 heavy (non-hydrogen) atoms. The monoisotopic (exact) mass is 131 g/mol. The highest BCUT2D eigenvalue weighted by Crippen LogP contribution is 2.25. The van der Waals surface area contributed by atoms with Crippen LogP contribution < -0.4 is 0 Å². The van der Waals surface area contributed by atoms with Gasteiger partial charge in [0.05, 0.1) is 7.17 Å². The summed E-state index contributed by atoms with van der Waals surface area (Å²) in [7, 11) is 7.04. The van der Waals surface area contributed by atoms with E-state index < -0.39 is 0 Å². The average molecular weight is 131 g/mol. The van der Waals surface area contributed by atoms with Crippen LogP contribution in [0, 0.1) is 0 Å². The van der Waals surface area contributed by atoms with Gasteiger partial charge >= 0.3 is 0 Å². The van der Waals surface area contributed by atoms with Gasteiger partial charge in [0.25, 0.3) is 0 Å². The molecule has 0 heterocycles. The summed E-state index contributed by atoms with van der Waals surface area (Å²) in [6, 6.07) is 0. The maximum absolute atomic E-state index is 10.3. The lowest BCUT2D eigenvalue weighted by molar-refractivity contribution is -0.105. The summed E-state index contributed by atoms with van der Waals surface area (Å²) in [5, 5.41) is 0. The Kier molecular flexibility index (Phi) is 2.79. The highest BCUT2D eigenvalue weighted by atomic mass is 16.1. The van der Waals surface area contributed by atoms with Crippen molar-refractivity contribution in [2.75, 3.05) is 0 Å². The van der Waals surface area contributed by atoms with Gasteiger partial charge < -0.3 is 0 Å². The fourth-order valence-electron chi connectivity index (χ4n) is 1.23. The molecular weight excluding hydrogens is 122 g/mol. The summed E-state index contributed by atoms with van der Waals surface area (Å²) < 4.78 is 0. The first-order valence-electron chi connectivity index (χ1n) is 3.56. The van der Waals surface area contributed by atoms with Crippen molar-refractivity contribution in [3.8, 4) is 0 Å². The second-order valence-electron chi connectivity index (χ2n) is 2.63. The number of allylic oxidation sites excluding steroid dienone is 2. The van der Waals surface area contributed by atoms with Gasteiger partial charge in [0.1, 0.15) is 6.29 Å². The molecule has 1 unspecified atom stereocenters. The summed E-state index contributed by atoms with van der Waals surface area (Å²) in [6.45, 7) is 0. The number of carbonyl (C=O) groups excluding carboxylic acids is 1. The molecule has 1 nitrogen and oxygen atoms in total. The van der Waals surface area contributed by atoms with E-state index >= 15 is 0 Å². The van der Waals surface area contributed by atoms with Gasteiger partial charge in [0.2, 0.25) is 0 Å². The van der Waals surface area contributed by atoms with Gasteiger partial charge in [-0.15, -0.1) is 0 Å². The first-order valence-corrected chi connectivity index (χ1v) is 3.56. The molecule has 0 amide bonds. The third-order valence-electron chi connectivity index (χ3n) is 1.87. The zero-order valence-corrected chi connectivity index (χ0v) is 5.92. The van der Waals surface area contributed by atoms with E-state index in [2.05, 4.69) is 0 Å². The average Bonchev–Trinajstić information content (AvgIpc) is 2.05. The molecule has 0 spiro atoms. The highest BCUT2D eigenvalue weighted by Gasteiger charge is 2.12. The Labute approximate surface area is 63.5 Å². The van der Waals surface area contributed by atoms with Crippen LogP contribution in [0.5, 0.6) is 0 Å². The number of hydrogen-bond donors (Lipinski definition) is 0. The van der Waals surface area contributed by atoms with Crippen molar-refractivity contribution in [3.05, 3.63) is 11.6 Å². The molecule has 0 saturated carbocycles. The molecule has 0 aromatic rings. The van der Waals surface area contributed by atoms with Gasteiger partial charge in [-0.1, -0.05) is 18.3 Å². The van der Waals surface area contributed by atoms with Crippen molar-refractivity contribution in [2.45, 2.75) is 25.1 Å². The van der Waals surface area contributed by atoms with Crippen LogP contribution >= 0.6 is 0 Å². The molecule has 0 saturated heterocycles. The van der Waals surface area contributed by atoms with Crippen molar-refractivity contribution >= 4 is 21.2 Å². The second kappa shape index (κ2) is 3.65. The molecule has 3 radical (unpaired) electrons. The summed E-state index contributed by atoms with van der Waals surface area (Å²) in [6.07, 6.45) is 5.84. The van der Waals surface area contributed by atoms with Crippen molar-refractivity contribution in [3.63, 3.8) is 0 Å². The maximum atomic E-state index is 10.3. The smallest absolute Gasteiger partial charge is 0.145 e. The third-order valence-corrected chi connectivity index (χ3v) is 1.87. The predicted octanol–water partition coefficient (Wildman–Crippen LogP) is 0.872. The van der Waals surface area contributed by atoms with Crippen LogP contribution in [-0.2, 0) is 4.79 Å². The lowest BCUT2D eigenvalue weighted by atomic mass is 9.45. The van der Waals surface area contributed by atoms with Crippen molar-refractivity contribution in [1.82, 2.24) is 0 Å². The molecule has 0 N–H and O–H groups in total. The van der Waals surface area contributed by atoms with E-state index in [1.54, 1.807) is 7.17 Å². The van der Waals surface area contributed by atoms with Gasteiger partial charge in [-0.05, 0) is 18.4 Å². The van der Waals surface area contributed by atoms with E-state index in [9.17, 15) is 4.79 Å². The number of hydrogen-bond acceptors (Lipinski definition) is 1. The molecule has 1 atom stereocenters.